The molecule has 1 N–H and O–H groups in total. The van der Waals surface area contributed by atoms with Crippen LogP contribution in [0.1, 0.15) is 21.6 Å². The van der Waals surface area contributed by atoms with Crippen molar-refractivity contribution in [1.82, 2.24) is 20.1 Å². The number of nitrogens with zero attached hydrogens (tertiary/aromatic N) is 3. The summed E-state index contributed by atoms with van der Waals surface area (Å²) in [5.41, 5.74) is -0.330. The van der Waals surface area contributed by atoms with Gasteiger partial charge in [-0.25, -0.2) is 9.67 Å². The predicted octanol–water partition coefficient (Wildman–Crippen LogP) is 4.43. The lowest BCUT2D eigenvalue weighted by Gasteiger charge is -2.11. The van der Waals surface area contributed by atoms with E-state index < -0.39 is 23.3 Å². The van der Waals surface area contributed by atoms with E-state index in [0.29, 0.717) is 10.2 Å². The number of carbonyl (C=O) groups is 1. The first kappa shape index (κ1) is 18.2. The number of nitrogens with one attached hydrogen (secondary N) is 1. The molecule has 0 aliphatic heterocycles. The van der Waals surface area contributed by atoms with Crippen molar-refractivity contribution < 1.29 is 18.0 Å². The van der Waals surface area contributed by atoms with E-state index in [1.807, 2.05) is 6.07 Å². The van der Waals surface area contributed by atoms with Gasteiger partial charge < -0.3 is 5.32 Å². The van der Waals surface area contributed by atoms with Gasteiger partial charge in [0.25, 0.3) is 5.91 Å². The lowest BCUT2D eigenvalue weighted by Crippen LogP contribution is -2.26. The molecule has 4 aromatic rings. The van der Waals surface area contributed by atoms with Crippen molar-refractivity contribution in [2.45, 2.75) is 12.7 Å². The zero-order valence-electron chi connectivity index (χ0n) is 14.3. The number of halogens is 3. The molecule has 0 radical (unpaired) electrons. The summed E-state index contributed by atoms with van der Waals surface area (Å²) >= 11 is 1.07. The Hall–Kier alpha value is -3.20. The molecule has 0 fully saturated rings. The van der Waals surface area contributed by atoms with Gasteiger partial charge in [-0.15, -0.1) is 0 Å². The van der Waals surface area contributed by atoms with E-state index in [1.54, 1.807) is 48.5 Å². The number of hydrogen-bond donors (Lipinski definition) is 1. The van der Waals surface area contributed by atoms with Gasteiger partial charge in [0.05, 0.1) is 22.0 Å². The van der Waals surface area contributed by atoms with Crippen LogP contribution in [0.25, 0.3) is 15.3 Å². The molecule has 9 heteroatoms. The predicted molar refractivity (Wildman–Crippen MR) is 99.4 cm³/mol. The van der Waals surface area contributed by atoms with Gasteiger partial charge in [0.1, 0.15) is 0 Å². The largest absolute Gasteiger partial charge is 0.434 e. The number of hydrogen-bond acceptors (Lipinski definition) is 4. The molecule has 0 unspecified atom stereocenters. The number of benzene rings is 2. The molecule has 0 aliphatic rings. The molecule has 2 aromatic carbocycles. The molecule has 5 nitrogen and oxygen atoms in total. The zero-order chi connectivity index (χ0) is 19.7. The Kier molecular flexibility index (Phi) is 4.60. The second-order valence-corrected chi connectivity index (χ2v) is 6.96. The van der Waals surface area contributed by atoms with Crippen LogP contribution in [0.5, 0.6) is 0 Å². The monoisotopic (exact) mass is 402 g/mol. The maximum atomic E-state index is 13.7. The lowest BCUT2D eigenvalue weighted by molar-refractivity contribution is -0.143. The zero-order valence-corrected chi connectivity index (χ0v) is 15.1. The second-order valence-electron chi connectivity index (χ2n) is 5.95. The highest BCUT2D eigenvalue weighted by atomic mass is 32.1. The SMILES string of the molecule is O=C(NCc1ccccc1)c1cnn(-c2nc3ccccc3s2)c1C(F)(F)F. The Bertz CT molecular complexity index is 1100. The summed E-state index contributed by atoms with van der Waals surface area (Å²) in [5.74, 6) is -0.844. The third-order valence-electron chi connectivity index (χ3n) is 4.04. The van der Waals surface area contributed by atoms with Crippen LogP contribution in [0, 0.1) is 0 Å². The Labute approximate surface area is 161 Å². The van der Waals surface area contributed by atoms with E-state index in [-0.39, 0.29) is 11.7 Å². The smallest absolute Gasteiger partial charge is 0.348 e. The normalized spacial score (nSPS) is 11.7. The van der Waals surface area contributed by atoms with Crippen LogP contribution in [0.15, 0.2) is 60.8 Å². The van der Waals surface area contributed by atoms with Crippen molar-refractivity contribution in [3.05, 3.63) is 77.6 Å². The van der Waals surface area contributed by atoms with Crippen LogP contribution < -0.4 is 5.32 Å². The van der Waals surface area contributed by atoms with Crippen LogP contribution in [-0.4, -0.2) is 20.7 Å². The van der Waals surface area contributed by atoms with Gasteiger partial charge in [-0.2, -0.15) is 18.3 Å². The topological polar surface area (TPSA) is 59.8 Å². The molecule has 0 aliphatic carbocycles. The van der Waals surface area contributed by atoms with Gasteiger partial charge in [-0.1, -0.05) is 53.8 Å². The van der Waals surface area contributed by atoms with Gasteiger partial charge >= 0.3 is 6.18 Å². The second kappa shape index (κ2) is 7.08. The minimum absolute atomic E-state index is 0.0515. The number of rotatable bonds is 4. The number of fused-ring (bicyclic) bond motifs is 1. The fourth-order valence-corrected chi connectivity index (χ4v) is 3.69. The molecule has 0 spiro atoms. The fourth-order valence-electron chi connectivity index (χ4n) is 2.76. The highest BCUT2D eigenvalue weighted by molar-refractivity contribution is 7.20. The molecule has 2 aromatic heterocycles. The summed E-state index contributed by atoms with van der Waals surface area (Å²) in [6.45, 7) is 0.114. The Morgan fingerprint density at radius 1 is 1.07 bits per heavy atom. The third kappa shape index (κ3) is 3.48. The van der Waals surface area contributed by atoms with Crippen molar-refractivity contribution in [1.29, 1.82) is 0 Å². The molecule has 4 rings (SSSR count). The van der Waals surface area contributed by atoms with Crippen molar-refractivity contribution in [2.75, 3.05) is 0 Å². The Morgan fingerprint density at radius 3 is 2.50 bits per heavy atom. The average Bonchev–Trinajstić information content (AvgIpc) is 3.30. The maximum Gasteiger partial charge on any atom is 0.434 e. The molecule has 0 saturated heterocycles. The number of thiazole rings is 1. The van der Waals surface area contributed by atoms with Gasteiger partial charge in [0.2, 0.25) is 5.13 Å². The third-order valence-corrected chi connectivity index (χ3v) is 5.05. The van der Waals surface area contributed by atoms with E-state index in [9.17, 15) is 18.0 Å². The standard InChI is InChI=1S/C19H13F3N4OS/c20-19(21,22)16-13(17(27)23-10-12-6-2-1-3-7-12)11-24-26(16)18-25-14-8-4-5-9-15(14)28-18/h1-9,11H,10H2,(H,23,27). The quantitative estimate of drug-likeness (QED) is 0.549. The van der Waals surface area contributed by atoms with Crippen molar-refractivity contribution in [3.8, 4) is 5.13 Å². The first-order valence-electron chi connectivity index (χ1n) is 8.27. The van der Waals surface area contributed by atoms with Gasteiger partial charge in [0.15, 0.2) is 5.69 Å². The minimum Gasteiger partial charge on any atom is -0.348 e. The summed E-state index contributed by atoms with van der Waals surface area (Å²) in [4.78, 5) is 16.6. The summed E-state index contributed by atoms with van der Waals surface area (Å²) in [6.07, 6.45) is -3.84. The number of carbonyl (C=O) groups excluding carboxylic acids is 1. The molecule has 0 atom stereocenters. The van der Waals surface area contributed by atoms with Gasteiger partial charge in [-0.3, -0.25) is 4.79 Å². The van der Waals surface area contributed by atoms with Crippen molar-refractivity contribution in [3.63, 3.8) is 0 Å². The summed E-state index contributed by atoms with van der Waals surface area (Å²) < 4.78 is 42.6. The van der Waals surface area contributed by atoms with E-state index in [0.717, 1.165) is 27.8 Å². The van der Waals surface area contributed by atoms with E-state index >= 15 is 0 Å². The van der Waals surface area contributed by atoms with Crippen LogP contribution >= 0.6 is 11.3 Å². The molecule has 28 heavy (non-hydrogen) atoms. The molecule has 2 heterocycles. The first-order valence-corrected chi connectivity index (χ1v) is 9.08. The number of amides is 1. The average molecular weight is 402 g/mol. The van der Waals surface area contributed by atoms with Gasteiger partial charge in [0, 0.05) is 6.54 Å². The summed E-state index contributed by atoms with van der Waals surface area (Å²) in [5, 5.41) is 6.37. The van der Waals surface area contributed by atoms with Crippen LogP contribution in [0.2, 0.25) is 0 Å². The molecule has 1 amide bonds. The molecule has 142 valence electrons. The minimum atomic E-state index is -4.77. The molecule has 0 bridgehead atoms. The van der Waals surface area contributed by atoms with E-state index in [4.69, 9.17) is 0 Å². The van der Waals surface area contributed by atoms with E-state index in [2.05, 4.69) is 15.4 Å². The van der Waals surface area contributed by atoms with E-state index in [1.165, 1.54) is 0 Å². The van der Waals surface area contributed by atoms with Crippen LogP contribution in [-0.2, 0) is 12.7 Å². The first-order chi connectivity index (χ1) is 13.4. The number of para-hydroxylation sites is 1. The number of aromatic nitrogens is 3. The van der Waals surface area contributed by atoms with Gasteiger partial charge in [-0.05, 0) is 17.7 Å². The molecular weight excluding hydrogens is 389 g/mol. The summed E-state index contributed by atoms with van der Waals surface area (Å²) in [7, 11) is 0. The Morgan fingerprint density at radius 2 is 1.79 bits per heavy atom. The fraction of sp³-hybridized carbons (Fsp3) is 0.105. The highest BCUT2D eigenvalue weighted by Crippen LogP contribution is 2.35. The molecular formula is C19H13F3N4OS. The summed E-state index contributed by atoms with van der Waals surface area (Å²) in [6, 6.07) is 15.9. The lowest BCUT2D eigenvalue weighted by atomic mass is 10.2. The maximum absolute atomic E-state index is 13.7. The molecule has 0 saturated carbocycles. The van der Waals surface area contributed by atoms with Crippen molar-refractivity contribution >= 4 is 27.5 Å². The van der Waals surface area contributed by atoms with Crippen molar-refractivity contribution in [2.24, 2.45) is 0 Å². The van der Waals surface area contributed by atoms with Crippen LogP contribution in [0.3, 0.4) is 0 Å². The highest BCUT2D eigenvalue weighted by Gasteiger charge is 2.41. The number of alkyl halides is 3. The Balaban J connectivity index is 1.69. The van der Waals surface area contributed by atoms with Crippen LogP contribution in [0.4, 0.5) is 13.2 Å².